The van der Waals surface area contributed by atoms with Crippen LogP contribution < -0.4 is 4.90 Å². The van der Waals surface area contributed by atoms with Gasteiger partial charge in [-0.2, -0.15) is 0 Å². The summed E-state index contributed by atoms with van der Waals surface area (Å²) in [6, 6.07) is 9.75. The predicted octanol–water partition coefficient (Wildman–Crippen LogP) is 1.43. The van der Waals surface area contributed by atoms with E-state index >= 15 is 0 Å². The van der Waals surface area contributed by atoms with Crippen LogP contribution in [0.15, 0.2) is 48.9 Å². The summed E-state index contributed by atoms with van der Waals surface area (Å²) in [6.45, 7) is 3.37. The van der Waals surface area contributed by atoms with Gasteiger partial charge >= 0.3 is 0 Å². The van der Waals surface area contributed by atoms with Crippen molar-refractivity contribution in [3.05, 3.63) is 54.6 Å². The van der Waals surface area contributed by atoms with Crippen LogP contribution in [0.2, 0.25) is 0 Å². The Morgan fingerprint density at radius 3 is 2.48 bits per heavy atom. The number of amides is 2. The second-order valence-corrected chi connectivity index (χ2v) is 6.90. The molecule has 7 nitrogen and oxygen atoms in total. The lowest BCUT2D eigenvalue weighted by atomic mass is 10.0. The van der Waals surface area contributed by atoms with E-state index < -0.39 is 0 Å². The van der Waals surface area contributed by atoms with Gasteiger partial charge in [-0.05, 0) is 25.0 Å². The Bertz CT molecular complexity index is 791. The lowest BCUT2D eigenvalue weighted by molar-refractivity contribution is -0.126. The number of piperazine rings is 1. The molecule has 2 aliphatic heterocycles. The van der Waals surface area contributed by atoms with Crippen molar-refractivity contribution in [2.24, 2.45) is 0 Å². The number of carbonyl (C=O) groups is 2. The normalized spacial score (nSPS) is 21.3. The Balaban J connectivity index is 1.39. The van der Waals surface area contributed by atoms with Gasteiger partial charge in [0.15, 0.2) is 0 Å². The average Bonchev–Trinajstić information content (AvgIpc) is 2.75. The molecule has 0 unspecified atom stereocenters. The monoisotopic (exact) mass is 365 g/mol. The Hall–Kier alpha value is -2.80. The van der Waals surface area contributed by atoms with E-state index in [1.807, 2.05) is 35.2 Å². The van der Waals surface area contributed by atoms with Crippen molar-refractivity contribution in [3.8, 4) is 0 Å². The Labute approximate surface area is 158 Å². The van der Waals surface area contributed by atoms with Crippen molar-refractivity contribution in [2.45, 2.75) is 18.9 Å². The molecule has 2 amide bonds. The molecule has 1 aromatic carbocycles. The summed E-state index contributed by atoms with van der Waals surface area (Å²) in [5.74, 6) is 0.0739. The van der Waals surface area contributed by atoms with E-state index in [0.29, 0.717) is 31.9 Å². The van der Waals surface area contributed by atoms with E-state index in [9.17, 15) is 9.59 Å². The number of hydrogen-bond acceptors (Lipinski definition) is 5. The standard InChI is InChI=1S/C20H23N5O2/c26-19(17-15-21-8-9-22-17)24-13-11-23(12-14-24)18-7-4-10-25(20(18)27)16-5-2-1-3-6-16/h1-3,5-6,8-9,15,18H,4,7,10-14H2/t18-/m1/s1. The van der Waals surface area contributed by atoms with Crippen molar-refractivity contribution in [1.82, 2.24) is 19.8 Å². The van der Waals surface area contributed by atoms with Crippen LogP contribution >= 0.6 is 0 Å². The molecule has 0 bridgehead atoms. The van der Waals surface area contributed by atoms with Crippen LogP contribution in [0.5, 0.6) is 0 Å². The van der Waals surface area contributed by atoms with E-state index in [4.69, 9.17) is 0 Å². The van der Waals surface area contributed by atoms with Crippen LogP contribution in [0.3, 0.4) is 0 Å². The molecule has 3 heterocycles. The van der Waals surface area contributed by atoms with E-state index in [0.717, 1.165) is 25.1 Å². The first-order valence-electron chi connectivity index (χ1n) is 9.40. The third-order valence-electron chi connectivity index (χ3n) is 5.30. The molecule has 4 rings (SSSR count). The Morgan fingerprint density at radius 1 is 1.00 bits per heavy atom. The summed E-state index contributed by atoms with van der Waals surface area (Å²) in [6.07, 6.45) is 6.45. The highest BCUT2D eigenvalue weighted by Crippen LogP contribution is 2.24. The molecule has 1 atom stereocenters. The second kappa shape index (κ2) is 7.84. The minimum absolute atomic E-state index is 0.0939. The molecule has 2 aliphatic rings. The van der Waals surface area contributed by atoms with Gasteiger partial charge in [-0.15, -0.1) is 0 Å². The number of aromatic nitrogens is 2. The van der Waals surface area contributed by atoms with Gasteiger partial charge in [-0.1, -0.05) is 18.2 Å². The summed E-state index contributed by atoms with van der Waals surface area (Å²) >= 11 is 0. The molecule has 0 saturated carbocycles. The van der Waals surface area contributed by atoms with Gasteiger partial charge in [0, 0.05) is 50.8 Å². The van der Waals surface area contributed by atoms with Gasteiger partial charge in [0.25, 0.3) is 5.91 Å². The van der Waals surface area contributed by atoms with Crippen LogP contribution in [0, 0.1) is 0 Å². The Morgan fingerprint density at radius 2 is 1.78 bits per heavy atom. The first-order valence-corrected chi connectivity index (χ1v) is 9.40. The third kappa shape index (κ3) is 3.68. The van der Waals surface area contributed by atoms with Gasteiger partial charge in [0.2, 0.25) is 5.91 Å². The molecule has 140 valence electrons. The zero-order valence-corrected chi connectivity index (χ0v) is 15.2. The lowest BCUT2D eigenvalue weighted by Crippen LogP contribution is -2.58. The first-order chi connectivity index (χ1) is 13.2. The van der Waals surface area contributed by atoms with Gasteiger partial charge < -0.3 is 9.80 Å². The van der Waals surface area contributed by atoms with Gasteiger partial charge in [-0.25, -0.2) is 4.98 Å². The summed E-state index contributed by atoms with van der Waals surface area (Å²) in [5, 5.41) is 0. The number of para-hydroxylation sites is 1. The number of nitrogens with zero attached hydrogens (tertiary/aromatic N) is 5. The molecule has 7 heteroatoms. The molecule has 2 saturated heterocycles. The summed E-state index contributed by atoms with van der Waals surface area (Å²) in [4.78, 5) is 39.5. The molecule has 1 aromatic heterocycles. The first kappa shape index (κ1) is 17.6. The summed E-state index contributed by atoms with van der Waals surface area (Å²) < 4.78 is 0. The van der Waals surface area contributed by atoms with E-state index in [-0.39, 0.29) is 17.9 Å². The van der Waals surface area contributed by atoms with Gasteiger partial charge in [0.1, 0.15) is 5.69 Å². The molecule has 2 fully saturated rings. The fourth-order valence-corrected chi connectivity index (χ4v) is 3.87. The maximum absolute atomic E-state index is 13.0. The fraction of sp³-hybridized carbons (Fsp3) is 0.400. The number of benzene rings is 1. The van der Waals surface area contributed by atoms with Crippen LogP contribution in [-0.2, 0) is 4.79 Å². The molecule has 0 N–H and O–H groups in total. The maximum atomic E-state index is 13.0. The smallest absolute Gasteiger partial charge is 0.274 e. The van der Waals surface area contributed by atoms with E-state index in [1.54, 1.807) is 11.1 Å². The molecule has 0 spiro atoms. The van der Waals surface area contributed by atoms with E-state index in [2.05, 4.69) is 14.9 Å². The number of carbonyl (C=O) groups excluding carboxylic acids is 2. The van der Waals surface area contributed by atoms with Crippen LogP contribution in [0.25, 0.3) is 0 Å². The largest absolute Gasteiger partial charge is 0.335 e. The number of piperidine rings is 1. The zero-order chi connectivity index (χ0) is 18.6. The van der Waals surface area contributed by atoms with Gasteiger partial charge in [0.05, 0.1) is 12.2 Å². The molecule has 27 heavy (non-hydrogen) atoms. The van der Waals surface area contributed by atoms with Crippen molar-refractivity contribution < 1.29 is 9.59 Å². The number of rotatable bonds is 3. The third-order valence-corrected chi connectivity index (χ3v) is 5.30. The highest BCUT2D eigenvalue weighted by molar-refractivity contribution is 5.98. The number of anilines is 1. The molecular formula is C20H23N5O2. The highest BCUT2D eigenvalue weighted by Gasteiger charge is 2.36. The average molecular weight is 365 g/mol. The molecule has 0 radical (unpaired) electrons. The predicted molar refractivity (Wildman–Crippen MR) is 101 cm³/mol. The fourth-order valence-electron chi connectivity index (χ4n) is 3.87. The second-order valence-electron chi connectivity index (χ2n) is 6.90. The Kier molecular flexibility index (Phi) is 5.11. The van der Waals surface area contributed by atoms with E-state index in [1.165, 1.54) is 12.4 Å². The zero-order valence-electron chi connectivity index (χ0n) is 15.2. The van der Waals surface area contributed by atoms with Crippen molar-refractivity contribution >= 4 is 17.5 Å². The topological polar surface area (TPSA) is 69.6 Å². The highest BCUT2D eigenvalue weighted by atomic mass is 16.2. The molecule has 2 aromatic rings. The summed E-state index contributed by atoms with van der Waals surface area (Å²) in [5.41, 5.74) is 1.33. The lowest BCUT2D eigenvalue weighted by Gasteiger charge is -2.42. The van der Waals surface area contributed by atoms with Crippen molar-refractivity contribution in [2.75, 3.05) is 37.6 Å². The molecular weight excluding hydrogens is 342 g/mol. The van der Waals surface area contributed by atoms with Crippen molar-refractivity contribution in [1.29, 1.82) is 0 Å². The quantitative estimate of drug-likeness (QED) is 0.823. The minimum atomic E-state index is -0.104. The molecule has 0 aliphatic carbocycles. The SMILES string of the molecule is O=C(c1cnccn1)N1CCN([C@@H]2CCCN(c3ccccc3)C2=O)CC1. The summed E-state index contributed by atoms with van der Waals surface area (Å²) in [7, 11) is 0. The number of hydrogen-bond donors (Lipinski definition) is 0. The maximum Gasteiger partial charge on any atom is 0.274 e. The van der Waals surface area contributed by atoms with Crippen LogP contribution in [-0.4, -0.2) is 70.3 Å². The van der Waals surface area contributed by atoms with Crippen LogP contribution in [0.4, 0.5) is 5.69 Å². The minimum Gasteiger partial charge on any atom is -0.335 e. The van der Waals surface area contributed by atoms with Crippen molar-refractivity contribution in [3.63, 3.8) is 0 Å². The van der Waals surface area contributed by atoms with Crippen LogP contribution in [0.1, 0.15) is 23.3 Å². The van der Waals surface area contributed by atoms with Gasteiger partial charge in [-0.3, -0.25) is 19.5 Å².